The second kappa shape index (κ2) is 6.03. The Morgan fingerprint density at radius 2 is 1.70 bits per heavy atom. The topological polar surface area (TPSA) is 0 Å². The highest BCUT2D eigenvalue weighted by molar-refractivity contribution is 14.1. The molecule has 0 saturated heterocycles. The molecular formula is C8H16I2. The van der Waals surface area contributed by atoms with Gasteiger partial charge in [0.2, 0.25) is 0 Å². The summed E-state index contributed by atoms with van der Waals surface area (Å²) >= 11 is 5.15. The highest BCUT2D eigenvalue weighted by Gasteiger charge is 2.17. The third-order valence-corrected chi connectivity index (χ3v) is 6.63. The first-order chi connectivity index (χ1) is 4.59. The molecule has 0 fully saturated rings. The molecule has 0 amide bonds. The summed E-state index contributed by atoms with van der Waals surface area (Å²) < 4.78 is 1.71. The predicted molar refractivity (Wildman–Crippen MR) is 65.4 cm³/mol. The van der Waals surface area contributed by atoms with Crippen LogP contribution in [-0.2, 0) is 0 Å². The molecule has 0 spiro atoms. The molecule has 2 unspecified atom stereocenters. The summed E-state index contributed by atoms with van der Waals surface area (Å²) in [4.78, 5) is 0. The highest BCUT2D eigenvalue weighted by atomic mass is 127. The zero-order valence-corrected chi connectivity index (χ0v) is 11.2. The fourth-order valence-corrected chi connectivity index (χ4v) is 2.67. The normalized spacial score (nSPS) is 17.4. The molecule has 0 aliphatic rings. The van der Waals surface area contributed by atoms with Crippen LogP contribution < -0.4 is 0 Å². The maximum Gasteiger partial charge on any atom is 0.0250 e. The molecule has 0 aromatic heterocycles. The second-order valence-electron chi connectivity index (χ2n) is 2.99. The second-order valence-corrected chi connectivity index (χ2v) is 6.03. The Hall–Kier alpha value is 1.46. The number of rotatable bonds is 4. The number of halogens is 2. The summed E-state index contributed by atoms with van der Waals surface area (Å²) in [5.74, 6) is 0.828. The lowest BCUT2D eigenvalue weighted by Gasteiger charge is -2.19. The summed E-state index contributed by atoms with van der Waals surface area (Å²) in [7, 11) is 0. The number of hydrogen-bond acceptors (Lipinski definition) is 0. The Labute approximate surface area is 91.8 Å². The smallest absolute Gasteiger partial charge is 0.0250 e. The van der Waals surface area contributed by atoms with Crippen molar-refractivity contribution in [2.45, 2.75) is 41.5 Å². The Balaban J connectivity index is 3.58. The molecule has 0 aromatic rings. The van der Waals surface area contributed by atoms with Crippen molar-refractivity contribution in [1.82, 2.24) is 0 Å². The molecule has 0 aromatic carbocycles. The molecule has 0 nitrogen and oxygen atoms in total. The lowest BCUT2D eigenvalue weighted by molar-refractivity contribution is 0.591. The van der Waals surface area contributed by atoms with Gasteiger partial charge >= 0.3 is 0 Å². The van der Waals surface area contributed by atoms with Crippen molar-refractivity contribution in [2.24, 2.45) is 5.92 Å². The monoisotopic (exact) mass is 366 g/mol. The van der Waals surface area contributed by atoms with Gasteiger partial charge in [-0.15, -0.1) is 0 Å². The van der Waals surface area contributed by atoms with Crippen LogP contribution in [0.3, 0.4) is 0 Å². The average Bonchev–Trinajstić information content (AvgIpc) is 1.87. The minimum Gasteiger partial charge on any atom is -0.0815 e. The van der Waals surface area contributed by atoms with Crippen LogP contribution in [0.2, 0.25) is 0 Å². The summed E-state index contributed by atoms with van der Waals surface area (Å²) in [5, 5.41) is 0. The molecule has 0 bridgehead atoms. The SMILES string of the molecule is CCCC(I)C(I)C(C)C. The van der Waals surface area contributed by atoms with Gasteiger partial charge in [-0.2, -0.15) is 0 Å². The first-order valence-corrected chi connectivity index (χ1v) is 6.36. The van der Waals surface area contributed by atoms with Crippen molar-refractivity contribution in [3.63, 3.8) is 0 Å². The van der Waals surface area contributed by atoms with Crippen molar-refractivity contribution in [1.29, 1.82) is 0 Å². The fourth-order valence-electron chi connectivity index (χ4n) is 0.853. The van der Waals surface area contributed by atoms with Gasteiger partial charge in [-0.05, 0) is 12.3 Å². The minimum absolute atomic E-state index is 0.828. The Morgan fingerprint density at radius 3 is 2.00 bits per heavy atom. The van der Waals surface area contributed by atoms with E-state index >= 15 is 0 Å². The van der Waals surface area contributed by atoms with Gasteiger partial charge in [0.15, 0.2) is 0 Å². The van der Waals surface area contributed by atoms with Crippen LogP contribution >= 0.6 is 45.2 Å². The van der Waals surface area contributed by atoms with E-state index in [0.29, 0.717) is 0 Å². The zero-order chi connectivity index (χ0) is 8.15. The quantitative estimate of drug-likeness (QED) is 0.520. The fraction of sp³-hybridized carbons (Fsp3) is 1.00. The Morgan fingerprint density at radius 1 is 1.20 bits per heavy atom. The first-order valence-electron chi connectivity index (χ1n) is 3.87. The molecule has 10 heavy (non-hydrogen) atoms. The molecule has 0 rings (SSSR count). The third-order valence-electron chi connectivity index (χ3n) is 1.55. The van der Waals surface area contributed by atoms with E-state index in [4.69, 9.17) is 0 Å². The van der Waals surface area contributed by atoms with E-state index in [1.54, 1.807) is 0 Å². The molecule has 0 N–H and O–H groups in total. The Bertz CT molecular complexity index is 81.3. The molecule has 62 valence electrons. The number of hydrogen-bond donors (Lipinski definition) is 0. The van der Waals surface area contributed by atoms with Crippen molar-refractivity contribution >= 4 is 45.2 Å². The Kier molecular flexibility index (Phi) is 6.91. The van der Waals surface area contributed by atoms with Gasteiger partial charge < -0.3 is 0 Å². The van der Waals surface area contributed by atoms with Crippen molar-refractivity contribution in [3.05, 3.63) is 0 Å². The van der Waals surface area contributed by atoms with E-state index in [-0.39, 0.29) is 0 Å². The zero-order valence-electron chi connectivity index (χ0n) is 6.90. The maximum atomic E-state index is 2.58. The van der Waals surface area contributed by atoms with Crippen LogP contribution in [0.4, 0.5) is 0 Å². The molecule has 0 aliphatic carbocycles. The van der Waals surface area contributed by atoms with Crippen LogP contribution in [0.1, 0.15) is 33.6 Å². The molecule has 0 saturated carbocycles. The van der Waals surface area contributed by atoms with Crippen LogP contribution in [0.15, 0.2) is 0 Å². The largest absolute Gasteiger partial charge is 0.0815 e. The van der Waals surface area contributed by atoms with E-state index in [0.717, 1.165) is 13.8 Å². The molecular weight excluding hydrogens is 350 g/mol. The molecule has 0 aliphatic heterocycles. The maximum absolute atomic E-state index is 2.58. The molecule has 2 heteroatoms. The molecule has 2 atom stereocenters. The van der Waals surface area contributed by atoms with Gasteiger partial charge in [0.05, 0.1) is 0 Å². The van der Waals surface area contributed by atoms with Crippen LogP contribution in [0, 0.1) is 5.92 Å². The van der Waals surface area contributed by atoms with Gasteiger partial charge in [0, 0.05) is 7.85 Å². The van der Waals surface area contributed by atoms with E-state index in [1.807, 2.05) is 0 Å². The van der Waals surface area contributed by atoms with Crippen molar-refractivity contribution in [3.8, 4) is 0 Å². The lowest BCUT2D eigenvalue weighted by atomic mass is 10.1. The van der Waals surface area contributed by atoms with Crippen LogP contribution in [-0.4, -0.2) is 7.85 Å². The standard InChI is InChI=1S/C8H16I2/c1-4-5-7(9)8(10)6(2)3/h6-8H,4-5H2,1-3H3. The van der Waals surface area contributed by atoms with Gasteiger partial charge in [-0.3, -0.25) is 0 Å². The van der Waals surface area contributed by atoms with Gasteiger partial charge in [-0.1, -0.05) is 72.4 Å². The van der Waals surface area contributed by atoms with Gasteiger partial charge in [0.25, 0.3) is 0 Å². The number of alkyl halides is 2. The van der Waals surface area contributed by atoms with Gasteiger partial charge in [0.1, 0.15) is 0 Å². The summed E-state index contributed by atoms with van der Waals surface area (Å²) in [6.45, 7) is 6.87. The highest BCUT2D eigenvalue weighted by Crippen LogP contribution is 2.25. The minimum atomic E-state index is 0.828. The summed E-state index contributed by atoms with van der Waals surface area (Å²) in [5.41, 5.74) is 0. The third kappa shape index (κ3) is 4.36. The first kappa shape index (κ1) is 11.5. The van der Waals surface area contributed by atoms with Crippen LogP contribution in [0.25, 0.3) is 0 Å². The van der Waals surface area contributed by atoms with E-state index in [9.17, 15) is 0 Å². The summed E-state index contributed by atoms with van der Waals surface area (Å²) in [6.07, 6.45) is 2.69. The van der Waals surface area contributed by atoms with E-state index < -0.39 is 0 Å². The average molecular weight is 366 g/mol. The van der Waals surface area contributed by atoms with Crippen LogP contribution in [0.5, 0.6) is 0 Å². The predicted octanol–water partition coefficient (Wildman–Crippen LogP) is 4.05. The van der Waals surface area contributed by atoms with E-state index in [1.165, 1.54) is 12.8 Å². The molecule has 0 heterocycles. The van der Waals surface area contributed by atoms with Gasteiger partial charge in [-0.25, -0.2) is 0 Å². The van der Waals surface area contributed by atoms with Crippen molar-refractivity contribution < 1.29 is 0 Å². The van der Waals surface area contributed by atoms with Crippen molar-refractivity contribution in [2.75, 3.05) is 0 Å². The van der Waals surface area contributed by atoms with E-state index in [2.05, 4.69) is 66.0 Å². The lowest BCUT2D eigenvalue weighted by Crippen LogP contribution is -2.19. The molecule has 0 radical (unpaired) electrons. The summed E-state index contributed by atoms with van der Waals surface area (Å²) in [6, 6.07) is 0.